The first-order valence-corrected chi connectivity index (χ1v) is 13.4. The van der Waals surface area contributed by atoms with Crippen LogP contribution in [0.15, 0.2) is 35.9 Å². The molecule has 5 rings (SSSR count). The van der Waals surface area contributed by atoms with Gasteiger partial charge in [0, 0.05) is 18.1 Å². The Hall–Kier alpha value is -2.37. The van der Waals surface area contributed by atoms with Crippen LogP contribution in [0.2, 0.25) is 0 Å². The molecule has 6 nitrogen and oxygen atoms in total. The van der Waals surface area contributed by atoms with E-state index in [1.54, 1.807) is 5.57 Å². The minimum absolute atomic E-state index is 0.0408. The number of ether oxygens (including phenoxy) is 2. The average Bonchev–Trinajstić information content (AvgIpc) is 3.17. The number of carbonyl (C=O) groups is 1. The second-order valence-corrected chi connectivity index (χ2v) is 12.3. The summed E-state index contributed by atoms with van der Waals surface area (Å²) in [7, 11) is 0. The molecule has 190 valence electrons. The van der Waals surface area contributed by atoms with Gasteiger partial charge in [0.25, 0.3) is 5.69 Å². The highest BCUT2D eigenvalue weighted by Crippen LogP contribution is 2.67. The van der Waals surface area contributed by atoms with E-state index in [1.807, 2.05) is 6.92 Å². The molecule has 0 aromatic heterocycles. The van der Waals surface area contributed by atoms with Crippen molar-refractivity contribution in [2.24, 2.45) is 40.4 Å². The fourth-order valence-electron chi connectivity index (χ4n) is 8.64. The summed E-state index contributed by atoms with van der Waals surface area (Å²) < 4.78 is 11.1. The molecule has 0 radical (unpaired) electrons. The van der Waals surface area contributed by atoms with E-state index in [2.05, 4.69) is 26.8 Å². The van der Waals surface area contributed by atoms with Crippen molar-refractivity contribution in [2.75, 3.05) is 0 Å². The van der Waals surface area contributed by atoms with E-state index in [0.29, 0.717) is 17.3 Å². The minimum atomic E-state index is -0.735. The van der Waals surface area contributed by atoms with Crippen LogP contribution in [0.1, 0.15) is 79.1 Å². The lowest BCUT2D eigenvalue weighted by Gasteiger charge is -2.58. The molecule has 6 heteroatoms. The molecular weight excluding hydrogens is 442 g/mol. The summed E-state index contributed by atoms with van der Waals surface area (Å²) in [4.78, 5) is 22.9. The summed E-state index contributed by atoms with van der Waals surface area (Å²) in [5.41, 5.74) is 2.26. The minimum Gasteiger partial charge on any atom is -0.431 e. The normalized spacial score (nSPS) is 38.9. The van der Waals surface area contributed by atoms with Gasteiger partial charge in [0.15, 0.2) is 0 Å². The molecule has 0 unspecified atom stereocenters. The Bertz CT molecular complexity index is 1020. The first-order chi connectivity index (χ1) is 16.6. The second kappa shape index (κ2) is 8.94. The van der Waals surface area contributed by atoms with Crippen LogP contribution >= 0.6 is 0 Å². The smallest absolute Gasteiger partial charge is 0.431 e. The molecule has 0 N–H and O–H groups in total. The van der Waals surface area contributed by atoms with Gasteiger partial charge in [0.05, 0.1) is 4.92 Å². The maximum absolute atomic E-state index is 12.5. The Morgan fingerprint density at radius 1 is 1.09 bits per heavy atom. The Morgan fingerprint density at radius 2 is 1.83 bits per heavy atom. The molecule has 8 atom stereocenters. The van der Waals surface area contributed by atoms with Gasteiger partial charge in [-0.2, -0.15) is 0 Å². The lowest BCUT2D eigenvalue weighted by atomic mass is 9.47. The number of benzene rings is 1. The second-order valence-electron chi connectivity index (χ2n) is 12.3. The van der Waals surface area contributed by atoms with Crippen LogP contribution in [-0.2, 0) is 4.74 Å². The Labute approximate surface area is 208 Å². The van der Waals surface area contributed by atoms with Crippen molar-refractivity contribution in [3.05, 3.63) is 46.0 Å². The van der Waals surface area contributed by atoms with Crippen molar-refractivity contribution in [3.63, 3.8) is 0 Å². The molecule has 4 aliphatic carbocycles. The molecule has 3 fully saturated rings. The van der Waals surface area contributed by atoms with Crippen LogP contribution < -0.4 is 4.74 Å². The highest BCUT2D eigenvalue weighted by atomic mass is 16.7. The molecule has 0 aliphatic heterocycles. The summed E-state index contributed by atoms with van der Waals surface area (Å²) in [6.45, 7) is 9.40. The predicted octanol–water partition coefficient (Wildman–Crippen LogP) is 7.71. The Balaban J connectivity index is 1.25. The van der Waals surface area contributed by atoms with E-state index < -0.39 is 11.1 Å². The fourth-order valence-corrected chi connectivity index (χ4v) is 8.64. The third-order valence-electron chi connectivity index (χ3n) is 10.5. The number of carbonyl (C=O) groups excluding carboxylic acids is 1. The highest BCUT2D eigenvalue weighted by Gasteiger charge is 2.59. The largest absolute Gasteiger partial charge is 0.514 e. The third-order valence-corrected chi connectivity index (χ3v) is 10.5. The number of nitro groups is 1. The first-order valence-electron chi connectivity index (χ1n) is 13.4. The van der Waals surface area contributed by atoms with E-state index in [0.717, 1.165) is 24.2 Å². The molecule has 0 bridgehead atoms. The van der Waals surface area contributed by atoms with Gasteiger partial charge in [-0.25, -0.2) is 4.79 Å². The van der Waals surface area contributed by atoms with Gasteiger partial charge < -0.3 is 9.47 Å². The lowest BCUT2D eigenvalue weighted by Crippen LogP contribution is -2.51. The quantitative estimate of drug-likeness (QED) is 0.145. The van der Waals surface area contributed by atoms with E-state index in [4.69, 9.17) is 9.47 Å². The monoisotopic (exact) mass is 481 g/mol. The summed E-state index contributed by atoms with van der Waals surface area (Å²) in [5, 5.41) is 10.8. The zero-order valence-corrected chi connectivity index (χ0v) is 21.5. The van der Waals surface area contributed by atoms with Crippen LogP contribution in [0.5, 0.6) is 5.75 Å². The topological polar surface area (TPSA) is 78.7 Å². The van der Waals surface area contributed by atoms with E-state index in [-0.39, 0.29) is 23.0 Å². The van der Waals surface area contributed by atoms with Crippen LogP contribution in [0, 0.1) is 50.5 Å². The summed E-state index contributed by atoms with van der Waals surface area (Å²) >= 11 is 0. The van der Waals surface area contributed by atoms with Crippen molar-refractivity contribution in [1.82, 2.24) is 0 Å². The van der Waals surface area contributed by atoms with Crippen LogP contribution in [0.4, 0.5) is 10.5 Å². The number of hydrogen-bond donors (Lipinski definition) is 0. The van der Waals surface area contributed by atoms with Gasteiger partial charge in [-0.15, -0.1) is 0 Å². The number of fused-ring (bicyclic) bond motifs is 5. The van der Waals surface area contributed by atoms with Crippen molar-refractivity contribution >= 4 is 11.8 Å². The van der Waals surface area contributed by atoms with Gasteiger partial charge in [-0.3, -0.25) is 10.1 Å². The Kier molecular flexibility index (Phi) is 6.21. The zero-order chi connectivity index (χ0) is 25.0. The maximum Gasteiger partial charge on any atom is 0.514 e. The number of allylic oxidation sites excluding steroid dienone is 2. The van der Waals surface area contributed by atoms with Gasteiger partial charge in [-0.05, 0) is 105 Å². The number of nitro benzene ring substituents is 1. The molecule has 1 aromatic rings. The van der Waals surface area contributed by atoms with Crippen molar-refractivity contribution in [2.45, 2.75) is 85.2 Å². The standard InChI is InChI=1S/C29H39NO5/c1-18-13-15-28(3)20(17-18)5-10-23-25-12-11-24(29(25,4)16-14-26(23)28)19(2)34-27(31)35-22-8-6-21(7-9-22)30(32)33/h5-9,18-19,23-26H,10-17H2,1-4H3/t18-,19-,23-,24+,25-,26-,28-,29+/m0/s1. The lowest BCUT2D eigenvalue weighted by molar-refractivity contribution is -0.384. The summed E-state index contributed by atoms with van der Waals surface area (Å²) in [6.07, 6.45) is 11.6. The number of hydrogen-bond acceptors (Lipinski definition) is 5. The molecule has 0 spiro atoms. The molecule has 35 heavy (non-hydrogen) atoms. The van der Waals surface area contributed by atoms with E-state index in [9.17, 15) is 14.9 Å². The molecule has 1 aromatic carbocycles. The highest BCUT2D eigenvalue weighted by molar-refractivity contribution is 5.64. The molecular formula is C29H39NO5. The molecule has 0 saturated heterocycles. The average molecular weight is 482 g/mol. The van der Waals surface area contributed by atoms with Crippen LogP contribution in [0.25, 0.3) is 0 Å². The Morgan fingerprint density at radius 3 is 2.54 bits per heavy atom. The third kappa shape index (κ3) is 4.17. The van der Waals surface area contributed by atoms with Gasteiger partial charge >= 0.3 is 6.16 Å². The summed E-state index contributed by atoms with van der Waals surface area (Å²) in [6, 6.07) is 5.50. The number of rotatable bonds is 4. The first kappa shape index (κ1) is 24.3. The van der Waals surface area contributed by atoms with Crippen molar-refractivity contribution in [3.8, 4) is 5.75 Å². The molecule has 0 amide bonds. The van der Waals surface area contributed by atoms with Gasteiger partial charge in [0.1, 0.15) is 11.9 Å². The van der Waals surface area contributed by atoms with E-state index >= 15 is 0 Å². The van der Waals surface area contributed by atoms with Crippen molar-refractivity contribution in [1.29, 1.82) is 0 Å². The van der Waals surface area contributed by atoms with E-state index in [1.165, 1.54) is 69.2 Å². The van der Waals surface area contributed by atoms with Gasteiger partial charge in [0.2, 0.25) is 0 Å². The predicted molar refractivity (Wildman–Crippen MR) is 134 cm³/mol. The maximum atomic E-state index is 12.5. The fraction of sp³-hybridized carbons (Fsp3) is 0.690. The SMILES string of the molecule is C[C@H]1CC[C@@]2(C)C(=CC[C@H]3[C@@H]4CC[C@H]([C@H](C)OC(=O)Oc5ccc([N+](=O)[O-])cc5)[C@@]4(C)CC[C@@H]32)C1. The van der Waals surface area contributed by atoms with Crippen LogP contribution in [0.3, 0.4) is 0 Å². The number of non-ortho nitro benzene ring substituents is 1. The zero-order valence-electron chi connectivity index (χ0n) is 21.5. The molecule has 3 saturated carbocycles. The van der Waals surface area contributed by atoms with Crippen LogP contribution in [-0.4, -0.2) is 17.2 Å². The van der Waals surface area contributed by atoms with Gasteiger partial charge in [-0.1, -0.05) is 32.4 Å². The van der Waals surface area contributed by atoms with Crippen molar-refractivity contribution < 1.29 is 19.2 Å². The number of nitrogens with zero attached hydrogens (tertiary/aromatic N) is 1. The molecule has 4 aliphatic rings. The summed E-state index contributed by atoms with van der Waals surface area (Å²) in [5.74, 6) is 3.60. The molecule has 0 heterocycles.